The van der Waals surface area contributed by atoms with Gasteiger partial charge in [-0.05, 0) is 18.6 Å². The van der Waals surface area contributed by atoms with Crippen molar-refractivity contribution in [3.8, 4) is 0 Å². The number of anilines is 3. The van der Waals surface area contributed by atoms with E-state index < -0.39 is 0 Å². The predicted octanol–water partition coefficient (Wildman–Crippen LogP) is 2.90. The van der Waals surface area contributed by atoms with E-state index in [0.29, 0.717) is 11.5 Å². The van der Waals surface area contributed by atoms with Crippen molar-refractivity contribution in [2.45, 2.75) is 6.92 Å². The molecular formula is C11H10ClFN4. The number of rotatable bonds is 2. The third-order valence-electron chi connectivity index (χ3n) is 2.30. The van der Waals surface area contributed by atoms with Crippen molar-refractivity contribution in [2.75, 3.05) is 11.1 Å². The number of nitrogen functional groups attached to an aromatic ring is 1. The molecule has 0 saturated heterocycles. The standard InChI is InChI=1S/C11H10ClFN4/c1-6-3-2-4-7(13)9(6)17-11-8(14)10(12)15-5-16-11/h2-5H,14H2,1H3,(H,15,16,17). The third kappa shape index (κ3) is 2.29. The molecule has 0 saturated carbocycles. The summed E-state index contributed by atoms with van der Waals surface area (Å²) < 4.78 is 13.6. The van der Waals surface area contributed by atoms with Crippen LogP contribution in [0.15, 0.2) is 24.5 Å². The van der Waals surface area contributed by atoms with Crippen LogP contribution in [0.1, 0.15) is 5.56 Å². The summed E-state index contributed by atoms with van der Waals surface area (Å²) in [5.74, 6) is -0.0858. The van der Waals surface area contributed by atoms with Gasteiger partial charge in [-0.25, -0.2) is 14.4 Å². The minimum Gasteiger partial charge on any atom is -0.393 e. The highest BCUT2D eigenvalue weighted by Gasteiger charge is 2.10. The van der Waals surface area contributed by atoms with Crippen LogP contribution in [0.25, 0.3) is 0 Å². The smallest absolute Gasteiger partial charge is 0.158 e. The van der Waals surface area contributed by atoms with E-state index in [1.165, 1.54) is 12.4 Å². The van der Waals surface area contributed by atoms with Crippen molar-refractivity contribution in [3.05, 3.63) is 41.1 Å². The zero-order valence-electron chi connectivity index (χ0n) is 9.04. The summed E-state index contributed by atoms with van der Waals surface area (Å²) in [4.78, 5) is 7.64. The summed E-state index contributed by atoms with van der Waals surface area (Å²) in [5, 5.41) is 2.95. The molecule has 0 unspecified atom stereocenters. The lowest BCUT2D eigenvalue weighted by molar-refractivity contribution is 0.631. The quantitative estimate of drug-likeness (QED) is 0.807. The highest BCUT2D eigenvalue weighted by molar-refractivity contribution is 6.32. The van der Waals surface area contributed by atoms with E-state index in [1.54, 1.807) is 19.1 Å². The number of para-hydroxylation sites is 1. The molecule has 0 fully saturated rings. The summed E-state index contributed by atoms with van der Waals surface area (Å²) >= 11 is 5.75. The maximum absolute atomic E-state index is 13.6. The van der Waals surface area contributed by atoms with Gasteiger partial charge in [0, 0.05) is 0 Å². The molecule has 4 nitrogen and oxygen atoms in total. The van der Waals surface area contributed by atoms with E-state index in [4.69, 9.17) is 17.3 Å². The van der Waals surface area contributed by atoms with Gasteiger partial charge in [-0.2, -0.15) is 0 Å². The number of aryl methyl sites for hydroxylation is 1. The van der Waals surface area contributed by atoms with Gasteiger partial charge in [-0.15, -0.1) is 0 Å². The molecule has 0 amide bonds. The van der Waals surface area contributed by atoms with E-state index >= 15 is 0 Å². The van der Waals surface area contributed by atoms with Crippen LogP contribution in [0.4, 0.5) is 21.6 Å². The van der Waals surface area contributed by atoms with Gasteiger partial charge >= 0.3 is 0 Å². The van der Waals surface area contributed by atoms with Crippen LogP contribution in [0.2, 0.25) is 5.15 Å². The van der Waals surface area contributed by atoms with Crippen LogP contribution in [-0.4, -0.2) is 9.97 Å². The van der Waals surface area contributed by atoms with Crippen molar-refractivity contribution in [1.82, 2.24) is 9.97 Å². The number of nitrogens with one attached hydrogen (secondary N) is 1. The molecule has 0 aliphatic heterocycles. The summed E-state index contributed by atoms with van der Waals surface area (Å²) in [5.41, 5.74) is 6.96. The first kappa shape index (κ1) is 11.6. The molecular weight excluding hydrogens is 243 g/mol. The molecule has 0 aliphatic carbocycles. The van der Waals surface area contributed by atoms with Crippen LogP contribution in [0.5, 0.6) is 0 Å². The van der Waals surface area contributed by atoms with Crippen LogP contribution >= 0.6 is 11.6 Å². The predicted molar refractivity (Wildman–Crippen MR) is 65.9 cm³/mol. The maximum Gasteiger partial charge on any atom is 0.158 e. The molecule has 2 aromatic rings. The first-order valence-electron chi connectivity index (χ1n) is 4.87. The van der Waals surface area contributed by atoms with E-state index in [9.17, 15) is 4.39 Å². The summed E-state index contributed by atoms with van der Waals surface area (Å²) in [6.07, 6.45) is 1.26. The monoisotopic (exact) mass is 252 g/mol. The first-order chi connectivity index (χ1) is 8.09. The first-order valence-corrected chi connectivity index (χ1v) is 5.25. The van der Waals surface area contributed by atoms with Crippen LogP contribution in [-0.2, 0) is 0 Å². The maximum atomic E-state index is 13.6. The van der Waals surface area contributed by atoms with E-state index in [1.807, 2.05) is 0 Å². The Morgan fingerprint density at radius 1 is 1.35 bits per heavy atom. The second-order valence-electron chi connectivity index (χ2n) is 3.48. The Morgan fingerprint density at radius 3 is 2.82 bits per heavy atom. The van der Waals surface area contributed by atoms with Gasteiger partial charge in [-0.3, -0.25) is 0 Å². The number of aromatic nitrogens is 2. The molecule has 0 atom stereocenters. The van der Waals surface area contributed by atoms with Crippen LogP contribution in [0.3, 0.4) is 0 Å². The largest absolute Gasteiger partial charge is 0.393 e. The van der Waals surface area contributed by atoms with E-state index in [2.05, 4.69) is 15.3 Å². The van der Waals surface area contributed by atoms with Gasteiger partial charge in [0.2, 0.25) is 0 Å². The number of nitrogens with zero attached hydrogens (tertiary/aromatic N) is 2. The van der Waals surface area contributed by atoms with Crippen molar-refractivity contribution in [2.24, 2.45) is 0 Å². The molecule has 2 rings (SSSR count). The second-order valence-corrected chi connectivity index (χ2v) is 3.84. The molecule has 6 heteroatoms. The Labute approximate surface area is 103 Å². The molecule has 0 aliphatic rings. The van der Waals surface area contributed by atoms with Gasteiger partial charge < -0.3 is 11.1 Å². The SMILES string of the molecule is Cc1cccc(F)c1Nc1ncnc(Cl)c1N. The van der Waals surface area contributed by atoms with Gasteiger partial charge in [0.05, 0.1) is 5.69 Å². The van der Waals surface area contributed by atoms with Crippen molar-refractivity contribution in [3.63, 3.8) is 0 Å². The van der Waals surface area contributed by atoms with Crippen LogP contribution < -0.4 is 11.1 Å². The zero-order valence-corrected chi connectivity index (χ0v) is 9.79. The molecule has 1 heterocycles. The van der Waals surface area contributed by atoms with Gasteiger partial charge in [-0.1, -0.05) is 23.7 Å². The molecule has 1 aromatic carbocycles. The molecule has 0 spiro atoms. The van der Waals surface area contributed by atoms with Crippen molar-refractivity contribution >= 4 is 28.8 Å². The molecule has 0 radical (unpaired) electrons. The summed E-state index contributed by atoms with van der Waals surface area (Å²) in [6.45, 7) is 1.78. The Morgan fingerprint density at radius 2 is 2.12 bits per heavy atom. The molecule has 3 N–H and O–H groups in total. The fourth-order valence-electron chi connectivity index (χ4n) is 1.38. The Kier molecular flexibility index (Phi) is 3.10. The summed E-state index contributed by atoms with van der Waals surface area (Å²) in [6, 6.07) is 4.77. The zero-order chi connectivity index (χ0) is 12.4. The molecule has 1 aromatic heterocycles. The normalized spacial score (nSPS) is 10.3. The molecule has 17 heavy (non-hydrogen) atoms. The van der Waals surface area contributed by atoms with Crippen molar-refractivity contribution < 1.29 is 4.39 Å². The minimum absolute atomic E-state index is 0.136. The topological polar surface area (TPSA) is 63.8 Å². The number of nitrogens with two attached hydrogens (primary N) is 1. The Bertz CT molecular complexity index is 539. The van der Waals surface area contributed by atoms with Gasteiger partial charge in [0.15, 0.2) is 11.0 Å². The highest BCUT2D eigenvalue weighted by Crippen LogP contribution is 2.28. The fourth-order valence-corrected chi connectivity index (χ4v) is 1.52. The molecule has 88 valence electrons. The lowest BCUT2D eigenvalue weighted by atomic mass is 10.2. The second kappa shape index (κ2) is 4.55. The lowest BCUT2D eigenvalue weighted by Crippen LogP contribution is -2.03. The molecule has 0 bridgehead atoms. The number of hydrogen-bond acceptors (Lipinski definition) is 4. The number of benzene rings is 1. The average molecular weight is 253 g/mol. The Hall–Kier alpha value is -1.88. The number of hydrogen-bond donors (Lipinski definition) is 2. The van der Waals surface area contributed by atoms with Gasteiger partial charge in [0.1, 0.15) is 17.8 Å². The Balaban J connectivity index is 2.42. The third-order valence-corrected chi connectivity index (χ3v) is 2.60. The average Bonchev–Trinajstić information content (AvgIpc) is 2.29. The van der Waals surface area contributed by atoms with E-state index in [-0.39, 0.29) is 16.7 Å². The lowest BCUT2D eigenvalue weighted by Gasteiger charge is -2.11. The van der Waals surface area contributed by atoms with E-state index in [0.717, 1.165) is 5.56 Å². The van der Waals surface area contributed by atoms with Crippen molar-refractivity contribution in [1.29, 1.82) is 0 Å². The number of halogens is 2. The van der Waals surface area contributed by atoms with Crippen LogP contribution in [0, 0.1) is 12.7 Å². The summed E-state index contributed by atoms with van der Waals surface area (Å²) in [7, 11) is 0. The minimum atomic E-state index is -0.376. The highest BCUT2D eigenvalue weighted by atomic mass is 35.5. The fraction of sp³-hybridized carbons (Fsp3) is 0.0909. The van der Waals surface area contributed by atoms with Gasteiger partial charge in [0.25, 0.3) is 0 Å².